The van der Waals surface area contributed by atoms with E-state index in [1.807, 2.05) is 55.5 Å². The zero-order valence-electron chi connectivity index (χ0n) is 18.6. The second-order valence-corrected chi connectivity index (χ2v) is 9.16. The Balaban J connectivity index is 1.35. The summed E-state index contributed by atoms with van der Waals surface area (Å²) in [5, 5.41) is 0. The van der Waals surface area contributed by atoms with Gasteiger partial charge in [0.25, 0.3) is 0 Å². The number of allylic oxidation sites excluding steroid dienone is 1. The van der Waals surface area contributed by atoms with E-state index in [-0.39, 0.29) is 5.78 Å². The molecule has 0 fully saturated rings. The van der Waals surface area contributed by atoms with Crippen LogP contribution in [0, 0.1) is 6.92 Å². The molecule has 0 aromatic heterocycles. The first-order chi connectivity index (χ1) is 16.0. The summed E-state index contributed by atoms with van der Waals surface area (Å²) in [7, 11) is 1.70. The van der Waals surface area contributed by atoms with Gasteiger partial charge in [-0.15, -0.1) is 0 Å². The van der Waals surface area contributed by atoms with Crippen molar-refractivity contribution in [1.29, 1.82) is 0 Å². The number of carbonyl (C=O) groups excluding carboxylic acids is 1. The topological polar surface area (TPSA) is 48.0 Å². The summed E-state index contributed by atoms with van der Waals surface area (Å²) in [6, 6.07) is 17.8. The molecule has 0 unspecified atom stereocenters. The molecule has 2 aliphatic heterocycles. The molecule has 0 aliphatic carbocycles. The lowest BCUT2D eigenvalue weighted by molar-refractivity contribution is 0.0952. The Labute approximate surface area is 201 Å². The monoisotopic (exact) mass is 505 g/mol. The SMILES string of the molecule is COc1ccccc1CCN1COc2c(cc3c(c2C)O/C(=C\c2ccc(Br)cc2)C3=O)C1. The number of halogens is 1. The molecule has 0 radical (unpaired) electrons. The molecule has 0 saturated heterocycles. The molecule has 0 amide bonds. The summed E-state index contributed by atoms with van der Waals surface area (Å²) >= 11 is 3.43. The Morgan fingerprint density at radius 3 is 2.70 bits per heavy atom. The van der Waals surface area contributed by atoms with E-state index in [2.05, 4.69) is 26.9 Å². The number of rotatable bonds is 5. The van der Waals surface area contributed by atoms with Gasteiger partial charge in [0.1, 0.15) is 24.0 Å². The molecular formula is C27H24BrNO4. The molecule has 0 spiro atoms. The number of fused-ring (bicyclic) bond motifs is 2. The van der Waals surface area contributed by atoms with Gasteiger partial charge in [-0.2, -0.15) is 0 Å². The third-order valence-corrected chi connectivity index (χ3v) is 6.59. The number of ether oxygens (including phenoxy) is 3. The summed E-state index contributed by atoms with van der Waals surface area (Å²) in [4.78, 5) is 15.3. The van der Waals surface area contributed by atoms with Crippen LogP contribution in [0.25, 0.3) is 6.08 Å². The maximum Gasteiger partial charge on any atom is 0.231 e. The molecule has 168 valence electrons. The smallest absolute Gasteiger partial charge is 0.231 e. The van der Waals surface area contributed by atoms with Crippen molar-refractivity contribution < 1.29 is 19.0 Å². The van der Waals surface area contributed by atoms with Gasteiger partial charge >= 0.3 is 0 Å². The second kappa shape index (κ2) is 9.04. The summed E-state index contributed by atoms with van der Waals surface area (Å²) in [6.45, 7) is 4.00. The standard InChI is InChI=1S/C27H24BrNO4/c1-17-26-20(15-29(16-32-26)12-11-19-5-3-4-6-23(19)31-2)14-22-25(30)24(33-27(17)22)13-18-7-9-21(28)10-8-18/h3-10,13-14H,11-12,15-16H2,1-2H3/b24-13-. The number of hydrogen-bond acceptors (Lipinski definition) is 5. The Kier molecular flexibility index (Phi) is 5.96. The third kappa shape index (κ3) is 4.28. The largest absolute Gasteiger partial charge is 0.496 e. The highest BCUT2D eigenvalue weighted by atomic mass is 79.9. The molecule has 0 saturated carbocycles. The predicted molar refractivity (Wildman–Crippen MR) is 131 cm³/mol. The average Bonchev–Trinajstić information content (AvgIpc) is 3.14. The number of ketones is 1. The first-order valence-corrected chi connectivity index (χ1v) is 11.7. The number of para-hydroxylation sites is 1. The van der Waals surface area contributed by atoms with Crippen LogP contribution in [0.15, 0.2) is 64.8 Å². The highest BCUT2D eigenvalue weighted by Gasteiger charge is 2.33. The maximum absolute atomic E-state index is 13.1. The minimum Gasteiger partial charge on any atom is -0.496 e. The minimum atomic E-state index is -0.0926. The first-order valence-electron chi connectivity index (χ1n) is 10.9. The molecule has 2 aliphatic rings. The van der Waals surface area contributed by atoms with E-state index in [4.69, 9.17) is 14.2 Å². The molecule has 6 heteroatoms. The van der Waals surface area contributed by atoms with E-state index in [9.17, 15) is 4.79 Å². The Bertz CT molecular complexity index is 1250. The normalized spacial score (nSPS) is 16.2. The Morgan fingerprint density at radius 2 is 1.91 bits per heavy atom. The first kappa shape index (κ1) is 21.7. The lowest BCUT2D eigenvalue weighted by atomic mass is 10.00. The molecule has 0 N–H and O–H groups in total. The van der Waals surface area contributed by atoms with Crippen molar-refractivity contribution >= 4 is 27.8 Å². The van der Waals surface area contributed by atoms with Crippen LogP contribution < -0.4 is 14.2 Å². The second-order valence-electron chi connectivity index (χ2n) is 8.25. The molecule has 0 atom stereocenters. The van der Waals surface area contributed by atoms with Crippen molar-refractivity contribution in [1.82, 2.24) is 4.90 Å². The van der Waals surface area contributed by atoms with Crippen molar-refractivity contribution in [3.63, 3.8) is 0 Å². The van der Waals surface area contributed by atoms with E-state index < -0.39 is 0 Å². The van der Waals surface area contributed by atoms with Crippen LogP contribution in [-0.2, 0) is 13.0 Å². The molecule has 33 heavy (non-hydrogen) atoms. The van der Waals surface area contributed by atoms with E-state index in [1.54, 1.807) is 13.2 Å². The van der Waals surface area contributed by atoms with Crippen molar-refractivity contribution in [3.05, 3.63) is 92.6 Å². The quantitative estimate of drug-likeness (QED) is 0.411. The highest BCUT2D eigenvalue weighted by Crippen LogP contribution is 2.43. The minimum absolute atomic E-state index is 0.0926. The van der Waals surface area contributed by atoms with Crippen molar-refractivity contribution in [2.75, 3.05) is 20.4 Å². The van der Waals surface area contributed by atoms with Crippen molar-refractivity contribution in [3.8, 4) is 17.2 Å². The molecule has 0 bridgehead atoms. The fourth-order valence-electron chi connectivity index (χ4n) is 4.34. The number of hydrogen-bond donors (Lipinski definition) is 0. The van der Waals surface area contributed by atoms with Crippen LogP contribution in [0.1, 0.15) is 32.6 Å². The molecule has 3 aromatic carbocycles. The van der Waals surface area contributed by atoms with Crippen molar-refractivity contribution in [2.24, 2.45) is 0 Å². The lowest BCUT2D eigenvalue weighted by Crippen LogP contribution is -2.34. The molecular weight excluding hydrogens is 482 g/mol. The van der Waals surface area contributed by atoms with Crippen LogP contribution in [0.5, 0.6) is 17.2 Å². The molecule has 5 nitrogen and oxygen atoms in total. The summed E-state index contributed by atoms with van der Waals surface area (Å²) in [5.74, 6) is 2.57. The van der Waals surface area contributed by atoms with Gasteiger partial charge in [-0.05, 0) is 54.8 Å². The van der Waals surface area contributed by atoms with Gasteiger partial charge in [-0.1, -0.05) is 46.3 Å². The van der Waals surface area contributed by atoms with Gasteiger partial charge in [-0.3, -0.25) is 9.69 Å². The van der Waals surface area contributed by atoms with E-state index in [0.717, 1.165) is 52.2 Å². The van der Waals surface area contributed by atoms with Gasteiger partial charge in [0.05, 0.1) is 12.7 Å². The van der Waals surface area contributed by atoms with Crippen LogP contribution in [0.4, 0.5) is 0 Å². The molecule has 2 heterocycles. The number of benzene rings is 3. The zero-order valence-corrected chi connectivity index (χ0v) is 20.1. The Morgan fingerprint density at radius 1 is 1.12 bits per heavy atom. The van der Waals surface area contributed by atoms with Gasteiger partial charge < -0.3 is 14.2 Å². The number of nitrogens with zero attached hydrogens (tertiary/aromatic N) is 1. The fraction of sp³-hybridized carbons (Fsp3) is 0.222. The van der Waals surface area contributed by atoms with E-state index in [0.29, 0.717) is 23.8 Å². The van der Waals surface area contributed by atoms with Crippen LogP contribution >= 0.6 is 15.9 Å². The third-order valence-electron chi connectivity index (χ3n) is 6.06. The van der Waals surface area contributed by atoms with Gasteiger partial charge in [-0.25, -0.2) is 0 Å². The summed E-state index contributed by atoms with van der Waals surface area (Å²) in [5.41, 5.74) is 4.57. The predicted octanol–water partition coefficient (Wildman–Crippen LogP) is 5.78. The molecule has 3 aromatic rings. The van der Waals surface area contributed by atoms with Gasteiger partial charge in [0, 0.05) is 28.7 Å². The van der Waals surface area contributed by atoms with E-state index >= 15 is 0 Å². The zero-order chi connectivity index (χ0) is 22.9. The summed E-state index contributed by atoms with van der Waals surface area (Å²) < 4.78 is 18.6. The van der Waals surface area contributed by atoms with Crippen LogP contribution in [0.3, 0.4) is 0 Å². The Hall–Kier alpha value is -3.09. The van der Waals surface area contributed by atoms with Crippen LogP contribution in [0.2, 0.25) is 0 Å². The lowest BCUT2D eigenvalue weighted by Gasteiger charge is -2.30. The molecule has 5 rings (SSSR count). The number of Topliss-reactive ketones (excluding diaryl/α,β-unsaturated/α-hetero) is 1. The highest BCUT2D eigenvalue weighted by molar-refractivity contribution is 9.10. The van der Waals surface area contributed by atoms with Crippen molar-refractivity contribution in [2.45, 2.75) is 19.9 Å². The maximum atomic E-state index is 13.1. The summed E-state index contributed by atoms with van der Waals surface area (Å²) in [6.07, 6.45) is 2.64. The number of carbonyl (C=O) groups is 1. The fourth-order valence-corrected chi connectivity index (χ4v) is 4.60. The number of methoxy groups -OCH3 is 1. The van der Waals surface area contributed by atoms with E-state index in [1.165, 1.54) is 5.56 Å². The van der Waals surface area contributed by atoms with Gasteiger partial charge in [0.2, 0.25) is 5.78 Å². The average molecular weight is 506 g/mol. The van der Waals surface area contributed by atoms with Gasteiger partial charge in [0.15, 0.2) is 5.76 Å². The van der Waals surface area contributed by atoms with Crippen LogP contribution in [-0.4, -0.2) is 31.1 Å².